The van der Waals surface area contributed by atoms with Crippen LogP contribution in [0.1, 0.15) is 63.3 Å². The predicted octanol–water partition coefficient (Wildman–Crippen LogP) is 4.51. The van der Waals surface area contributed by atoms with E-state index in [0.29, 0.717) is 37.0 Å². The van der Waals surface area contributed by atoms with Gasteiger partial charge in [0.2, 0.25) is 5.79 Å². The molecule has 214 valence electrons. The van der Waals surface area contributed by atoms with E-state index in [1.54, 1.807) is 4.68 Å². The van der Waals surface area contributed by atoms with Crippen molar-refractivity contribution in [2.45, 2.75) is 90.3 Å². The van der Waals surface area contributed by atoms with Crippen molar-refractivity contribution in [2.24, 2.45) is 23.7 Å². The number of ether oxygens (including phenoxy) is 3. The van der Waals surface area contributed by atoms with Crippen LogP contribution in [0.4, 0.5) is 0 Å². The lowest BCUT2D eigenvalue weighted by Crippen LogP contribution is -2.70. The minimum Gasteiger partial charge on any atom is -0.423 e. The van der Waals surface area contributed by atoms with Crippen molar-refractivity contribution in [3.8, 4) is 0 Å². The number of hydrogen-bond acceptors (Lipinski definition) is 9. The first-order chi connectivity index (χ1) is 19.2. The highest BCUT2D eigenvalue weighted by Crippen LogP contribution is 2.60. The van der Waals surface area contributed by atoms with Gasteiger partial charge in [-0.05, 0) is 62.1 Å². The van der Waals surface area contributed by atoms with Crippen LogP contribution in [-0.4, -0.2) is 45.6 Å². The average molecular weight is 552 g/mol. The molecule has 4 saturated heterocycles. The number of rotatable bonds is 6. The summed E-state index contributed by atoms with van der Waals surface area (Å²) in [4.78, 5) is 24.2. The zero-order valence-corrected chi connectivity index (χ0v) is 23.5. The Hall–Kier alpha value is -2.63. The summed E-state index contributed by atoms with van der Waals surface area (Å²) in [7, 11) is 0. The number of hydrogen-bond donors (Lipinski definition) is 0. The molecular weight excluding hydrogens is 514 g/mol. The molecular formula is C30H37N3O7. The van der Waals surface area contributed by atoms with Gasteiger partial charge >= 0.3 is 5.63 Å². The van der Waals surface area contributed by atoms with Crippen molar-refractivity contribution >= 4 is 11.0 Å². The molecule has 0 radical (unpaired) electrons. The molecule has 40 heavy (non-hydrogen) atoms. The van der Waals surface area contributed by atoms with E-state index in [2.05, 4.69) is 24.2 Å². The highest BCUT2D eigenvalue weighted by Gasteiger charge is 2.69. The highest BCUT2D eigenvalue weighted by molar-refractivity contribution is 5.80. The minimum atomic E-state index is -0.801. The van der Waals surface area contributed by atoms with Gasteiger partial charge in [0.05, 0.1) is 18.8 Å². The van der Waals surface area contributed by atoms with E-state index in [1.807, 2.05) is 38.2 Å². The van der Waals surface area contributed by atoms with Crippen LogP contribution in [-0.2, 0) is 37.0 Å². The van der Waals surface area contributed by atoms with E-state index < -0.39 is 24.0 Å². The summed E-state index contributed by atoms with van der Waals surface area (Å²) in [6.07, 6.45) is 5.53. The Balaban J connectivity index is 1.02. The monoisotopic (exact) mass is 551 g/mol. The molecule has 5 aliphatic rings. The zero-order valence-electron chi connectivity index (χ0n) is 23.5. The van der Waals surface area contributed by atoms with Gasteiger partial charge in [0, 0.05) is 42.3 Å². The van der Waals surface area contributed by atoms with Gasteiger partial charge in [0.15, 0.2) is 18.2 Å². The SMILES string of the molecule is Cc1ccc2c(Cn3cc(CCO[C@H]4O[C@@H]5O[C@@]6(C)CC[C@H]7[C@H](C)CC[C@@H]([C@H]4C)[C@@]57OO6)nn3)cc(=O)oc2c1. The Bertz CT molecular complexity index is 1470. The zero-order chi connectivity index (χ0) is 27.6. The highest BCUT2D eigenvalue weighted by atomic mass is 17.3. The molecule has 10 heteroatoms. The standard InChI is InChI=1S/C30H37N3O7/c1-17-5-7-22-20(14-26(34)36-25(22)13-17)15-33-16-21(31-32-33)10-12-35-27-19(3)24-8-6-18(2)23-9-11-29(4)38-28(37-27)30(23,24)40-39-29/h5,7,13-14,16,18-19,23-24,27-28H,6,8-12,15H2,1-4H3/t18-,19-,23+,24+,27+,28-,29-,30-/m1/s1. The molecule has 6 heterocycles. The average Bonchev–Trinajstić information content (AvgIpc) is 3.23. The van der Waals surface area contributed by atoms with Gasteiger partial charge in [-0.15, -0.1) is 5.10 Å². The van der Waals surface area contributed by atoms with Gasteiger partial charge in [-0.25, -0.2) is 19.3 Å². The summed E-state index contributed by atoms with van der Waals surface area (Å²) in [6, 6.07) is 7.37. The van der Waals surface area contributed by atoms with Crippen molar-refractivity contribution < 1.29 is 28.4 Å². The molecule has 8 rings (SSSR count). The van der Waals surface area contributed by atoms with Crippen LogP contribution in [0.15, 0.2) is 39.7 Å². The van der Waals surface area contributed by atoms with Gasteiger partial charge < -0.3 is 18.6 Å². The molecule has 1 saturated carbocycles. The minimum absolute atomic E-state index is 0.123. The van der Waals surface area contributed by atoms with Crippen LogP contribution in [0.5, 0.6) is 0 Å². The molecule has 5 fully saturated rings. The fraction of sp³-hybridized carbons (Fsp3) is 0.633. The second kappa shape index (κ2) is 9.73. The van der Waals surface area contributed by atoms with Gasteiger partial charge in [0.1, 0.15) is 5.58 Å². The first-order valence-corrected chi connectivity index (χ1v) is 14.5. The Morgan fingerprint density at radius 3 is 2.88 bits per heavy atom. The molecule has 2 bridgehead atoms. The fourth-order valence-electron chi connectivity index (χ4n) is 7.52. The topological polar surface area (TPSA) is 107 Å². The second-order valence-electron chi connectivity index (χ2n) is 12.4. The summed E-state index contributed by atoms with van der Waals surface area (Å²) >= 11 is 0. The number of nitrogens with zero attached hydrogens (tertiary/aromatic N) is 3. The van der Waals surface area contributed by atoms with Crippen molar-refractivity contribution in [3.63, 3.8) is 0 Å². The van der Waals surface area contributed by atoms with Gasteiger partial charge in [-0.3, -0.25) is 0 Å². The number of aryl methyl sites for hydroxylation is 1. The van der Waals surface area contributed by atoms with Crippen molar-refractivity contribution in [1.82, 2.24) is 15.0 Å². The predicted molar refractivity (Wildman–Crippen MR) is 143 cm³/mol. The van der Waals surface area contributed by atoms with Gasteiger partial charge in [-0.2, -0.15) is 0 Å². The molecule has 8 atom stereocenters. The van der Waals surface area contributed by atoms with Crippen LogP contribution in [0, 0.1) is 30.6 Å². The van der Waals surface area contributed by atoms with Gasteiger partial charge in [0.25, 0.3) is 0 Å². The van der Waals surface area contributed by atoms with Crippen LogP contribution >= 0.6 is 0 Å². The molecule has 1 aromatic carbocycles. The Morgan fingerprint density at radius 1 is 1.12 bits per heavy atom. The molecule has 1 aliphatic carbocycles. The summed E-state index contributed by atoms with van der Waals surface area (Å²) < 4.78 is 26.4. The van der Waals surface area contributed by atoms with Crippen LogP contribution < -0.4 is 5.63 Å². The molecule has 4 aliphatic heterocycles. The van der Waals surface area contributed by atoms with E-state index in [-0.39, 0.29) is 17.5 Å². The van der Waals surface area contributed by atoms with E-state index in [4.69, 9.17) is 28.4 Å². The molecule has 2 aromatic heterocycles. The van der Waals surface area contributed by atoms with Crippen LogP contribution in [0.2, 0.25) is 0 Å². The summed E-state index contributed by atoms with van der Waals surface area (Å²) in [6.45, 7) is 9.26. The lowest BCUT2D eigenvalue weighted by molar-refractivity contribution is -0.577. The molecule has 1 spiro atoms. The molecule has 0 amide bonds. The summed E-state index contributed by atoms with van der Waals surface area (Å²) in [5, 5.41) is 9.52. The van der Waals surface area contributed by atoms with Crippen LogP contribution in [0.25, 0.3) is 11.0 Å². The second-order valence-corrected chi connectivity index (χ2v) is 12.4. The molecule has 10 nitrogen and oxygen atoms in total. The summed E-state index contributed by atoms with van der Waals surface area (Å²) in [5.74, 6) is 0.401. The fourth-order valence-corrected chi connectivity index (χ4v) is 7.52. The third kappa shape index (κ3) is 4.32. The lowest BCUT2D eigenvalue weighted by Gasteiger charge is -2.60. The normalized spacial score (nSPS) is 36.9. The Kier molecular flexibility index (Phi) is 6.40. The van der Waals surface area contributed by atoms with Crippen molar-refractivity contribution in [2.75, 3.05) is 6.61 Å². The molecule has 3 aromatic rings. The maximum Gasteiger partial charge on any atom is 0.336 e. The number of fused-ring (bicyclic) bond motifs is 3. The summed E-state index contributed by atoms with van der Waals surface area (Å²) in [5.41, 5.74) is 2.30. The van der Waals surface area contributed by atoms with Crippen molar-refractivity contribution in [3.05, 3.63) is 57.7 Å². The number of aromatic nitrogens is 3. The van der Waals surface area contributed by atoms with E-state index in [1.165, 1.54) is 6.07 Å². The maximum absolute atomic E-state index is 12.1. The first kappa shape index (κ1) is 26.3. The largest absolute Gasteiger partial charge is 0.423 e. The smallest absolute Gasteiger partial charge is 0.336 e. The van der Waals surface area contributed by atoms with E-state index >= 15 is 0 Å². The van der Waals surface area contributed by atoms with E-state index in [0.717, 1.165) is 47.9 Å². The molecule has 0 unspecified atom stereocenters. The van der Waals surface area contributed by atoms with Gasteiger partial charge in [-0.1, -0.05) is 31.2 Å². The van der Waals surface area contributed by atoms with E-state index in [9.17, 15) is 4.79 Å². The third-order valence-electron chi connectivity index (χ3n) is 9.64. The Morgan fingerprint density at radius 2 is 2.00 bits per heavy atom. The Labute approximate surface area is 232 Å². The third-order valence-corrected chi connectivity index (χ3v) is 9.64. The van der Waals surface area contributed by atoms with Crippen molar-refractivity contribution in [1.29, 1.82) is 0 Å². The lowest BCUT2D eigenvalue weighted by atomic mass is 9.58. The molecule has 0 N–H and O–H groups in total. The number of benzene rings is 1. The maximum atomic E-state index is 12.1. The quantitative estimate of drug-likeness (QED) is 0.323. The first-order valence-electron chi connectivity index (χ1n) is 14.5. The van der Waals surface area contributed by atoms with Crippen LogP contribution in [0.3, 0.4) is 0 Å².